The first-order valence-corrected chi connectivity index (χ1v) is 11.1. The number of rotatable bonds is 4. The van der Waals surface area contributed by atoms with Crippen LogP contribution in [-0.2, 0) is 20.5 Å². The van der Waals surface area contributed by atoms with Crippen LogP contribution in [0.5, 0.6) is 5.75 Å². The lowest BCUT2D eigenvalue weighted by Crippen LogP contribution is -2.48. The van der Waals surface area contributed by atoms with E-state index in [1.54, 1.807) is 38.1 Å². The molecule has 3 aliphatic heterocycles. The number of nitrogen functional groups attached to an aromatic ring is 1. The molecule has 7 nitrogen and oxygen atoms in total. The molecule has 2 aromatic rings. The second-order valence-electron chi connectivity index (χ2n) is 9.69. The smallest absolute Gasteiger partial charge is 0.417 e. The predicted octanol–water partition coefficient (Wildman–Crippen LogP) is 3.91. The maximum Gasteiger partial charge on any atom is 0.417 e. The number of carbonyl (C=O) groups excluding carboxylic acids is 2. The van der Waals surface area contributed by atoms with E-state index in [2.05, 4.69) is 0 Å². The molecule has 2 N–H and O–H groups in total. The number of halogens is 3. The summed E-state index contributed by atoms with van der Waals surface area (Å²) >= 11 is 0. The van der Waals surface area contributed by atoms with Crippen molar-refractivity contribution in [1.29, 1.82) is 5.26 Å². The summed E-state index contributed by atoms with van der Waals surface area (Å²) in [4.78, 5) is 27.7. The highest BCUT2D eigenvalue weighted by atomic mass is 19.4. The standard InChI is InChI=1S/C25H22F3N3O4/c1-23-10-14(12-34-17-7-4-15(30)5-8-17)24(2,35-23)20-19(23)21(32)31(22(20)33)16-6-3-13(11-29)18(9-16)25(26,27)28/h3-9,14,19-20H,10,12,30H2,1-2H3/t14-,19+,20-,23+,24-/m0/s1. The number of nitriles is 1. The van der Waals surface area contributed by atoms with Gasteiger partial charge in [0.15, 0.2) is 0 Å². The third kappa shape index (κ3) is 3.37. The van der Waals surface area contributed by atoms with E-state index in [1.807, 2.05) is 0 Å². The molecule has 0 unspecified atom stereocenters. The summed E-state index contributed by atoms with van der Waals surface area (Å²) < 4.78 is 52.7. The van der Waals surface area contributed by atoms with E-state index >= 15 is 0 Å². The molecule has 5 atom stereocenters. The molecule has 0 aliphatic carbocycles. The number of amides is 2. The van der Waals surface area contributed by atoms with Crippen molar-refractivity contribution in [2.45, 2.75) is 37.6 Å². The van der Waals surface area contributed by atoms with Crippen molar-refractivity contribution >= 4 is 23.2 Å². The van der Waals surface area contributed by atoms with Crippen molar-refractivity contribution in [3.05, 3.63) is 53.6 Å². The molecular formula is C25H22F3N3O4. The highest BCUT2D eigenvalue weighted by Crippen LogP contribution is 2.63. The van der Waals surface area contributed by atoms with Crippen LogP contribution in [0.3, 0.4) is 0 Å². The minimum absolute atomic E-state index is 0.206. The molecule has 3 saturated heterocycles. The molecule has 182 valence electrons. The minimum atomic E-state index is -4.81. The van der Waals surface area contributed by atoms with Crippen LogP contribution in [0.1, 0.15) is 31.4 Å². The summed E-state index contributed by atoms with van der Waals surface area (Å²) in [5.41, 5.74) is 2.32. The minimum Gasteiger partial charge on any atom is -0.493 e. The van der Waals surface area contributed by atoms with Gasteiger partial charge in [0.1, 0.15) is 5.75 Å². The van der Waals surface area contributed by atoms with Crippen LogP contribution in [0.4, 0.5) is 24.5 Å². The lowest BCUT2D eigenvalue weighted by Gasteiger charge is -2.35. The van der Waals surface area contributed by atoms with Crippen molar-refractivity contribution < 1.29 is 32.2 Å². The van der Waals surface area contributed by atoms with Gasteiger partial charge < -0.3 is 15.2 Å². The second-order valence-corrected chi connectivity index (χ2v) is 9.69. The van der Waals surface area contributed by atoms with Crippen LogP contribution in [0.2, 0.25) is 0 Å². The average molecular weight is 485 g/mol. The van der Waals surface area contributed by atoms with E-state index in [9.17, 15) is 22.8 Å². The first-order chi connectivity index (χ1) is 16.4. The van der Waals surface area contributed by atoms with Crippen LogP contribution in [-0.4, -0.2) is 29.6 Å². The summed E-state index contributed by atoms with van der Waals surface area (Å²) in [5, 5.41) is 9.06. The third-order valence-electron chi connectivity index (χ3n) is 7.52. The van der Waals surface area contributed by atoms with E-state index in [0.29, 0.717) is 23.9 Å². The number of fused-ring (bicyclic) bond motifs is 5. The van der Waals surface area contributed by atoms with Gasteiger partial charge in [0, 0.05) is 11.6 Å². The van der Waals surface area contributed by atoms with Gasteiger partial charge in [-0.1, -0.05) is 0 Å². The van der Waals surface area contributed by atoms with Crippen molar-refractivity contribution in [2.75, 3.05) is 17.2 Å². The van der Waals surface area contributed by atoms with Crippen LogP contribution in [0.15, 0.2) is 42.5 Å². The van der Waals surface area contributed by atoms with Gasteiger partial charge in [-0.25, -0.2) is 4.90 Å². The van der Waals surface area contributed by atoms with Crippen LogP contribution in [0, 0.1) is 29.1 Å². The third-order valence-corrected chi connectivity index (χ3v) is 7.52. The molecule has 2 bridgehead atoms. The number of hydrogen-bond acceptors (Lipinski definition) is 6. The van der Waals surface area contributed by atoms with Gasteiger partial charge in [-0.3, -0.25) is 9.59 Å². The normalized spacial score (nSPS) is 31.5. The van der Waals surface area contributed by atoms with Crippen LogP contribution < -0.4 is 15.4 Å². The van der Waals surface area contributed by atoms with Gasteiger partial charge in [0.05, 0.1) is 52.5 Å². The zero-order valence-electron chi connectivity index (χ0n) is 18.9. The number of nitrogens with two attached hydrogens (primary N) is 1. The summed E-state index contributed by atoms with van der Waals surface area (Å²) in [6.07, 6.45) is -4.36. The van der Waals surface area contributed by atoms with Crippen LogP contribution >= 0.6 is 0 Å². The topological polar surface area (TPSA) is 106 Å². The monoisotopic (exact) mass is 485 g/mol. The SMILES string of the molecule is C[C@]12O[C@](C)(C[C@H]1COc1ccc(N)cc1)[C@H]1C(=O)N(c3ccc(C#N)c(C(F)(F)F)c3)C(=O)[C@H]12. The highest BCUT2D eigenvalue weighted by molar-refractivity contribution is 6.23. The number of anilines is 2. The van der Waals surface area contributed by atoms with Crippen LogP contribution in [0.25, 0.3) is 0 Å². The molecule has 0 spiro atoms. The second kappa shape index (κ2) is 7.46. The van der Waals surface area contributed by atoms with Crippen molar-refractivity contribution in [3.8, 4) is 11.8 Å². The Balaban J connectivity index is 1.45. The zero-order valence-corrected chi connectivity index (χ0v) is 18.9. The average Bonchev–Trinajstić information content (AvgIpc) is 3.32. The molecule has 0 saturated carbocycles. The number of benzene rings is 2. The largest absolute Gasteiger partial charge is 0.493 e. The fraction of sp³-hybridized carbons (Fsp3) is 0.400. The van der Waals surface area contributed by atoms with Crippen molar-refractivity contribution in [2.24, 2.45) is 17.8 Å². The Kier molecular flexibility index (Phi) is 4.94. The molecule has 5 rings (SSSR count). The zero-order chi connectivity index (χ0) is 25.3. The molecule has 0 radical (unpaired) electrons. The first kappa shape index (κ1) is 23.2. The van der Waals surface area contributed by atoms with E-state index in [-0.39, 0.29) is 18.2 Å². The van der Waals surface area contributed by atoms with Gasteiger partial charge in [0.2, 0.25) is 11.8 Å². The molecule has 3 heterocycles. The number of alkyl halides is 3. The molecule has 35 heavy (non-hydrogen) atoms. The molecule has 2 amide bonds. The Bertz CT molecular complexity index is 1270. The Hall–Kier alpha value is -3.58. The maximum atomic E-state index is 13.5. The van der Waals surface area contributed by atoms with E-state index in [1.165, 1.54) is 12.1 Å². The molecule has 0 aromatic heterocycles. The Morgan fingerprint density at radius 2 is 1.80 bits per heavy atom. The van der Waals surface area contributed by atoms with Gasteiger partial charge in [0.25, 0.3) is 0 Å². The number of hydrogen-bond donors (Lipinski definition) is 1. The van der Waals surface area contributed by atoms with Crippen molar-refractivity contribution in [3.63, 3.8) is 0 Å². The quantitative estimate of drug-likeness (QED) is 0.520. The van der Waals surface area contributed by atoms with E-state index in [4.69, 9.17) is 20.5 Å². The number of nitrogens with zero attached hydrogens (tertiary/aromatic N) is 2. The molecule has 3 aliphatic rings. The highest BCUT2D eigenvalue weighted by Gasteiger charge is 2.75. The molecule has 3 fully saturated rings. The summed E-state index contributed by atoms with van der Waals surface area (Å²) in [7, 11) is 0. The Labute approximate surface area is 199 Å². The van der Waals surface area contributed by atoms with E-state index < -0.39 is 52.2 Å². The molecule has 10 heteroatoms. The fourth-order valence-electron chi connectivity index (χ4n) is 5.93. The van der Waals surface area contributed by atoms with E-state index in [0.717, 1.165) is 11.0 Å². The first-order valence-electron chi connectivity index (χ1n) is 11.1. The summed E-state index contributed by atoms with van der Waals surface area (Å²) in [6.45, 7) is 3.75. The predicted molar refractivity (Wildman–Crippen MR) is 118 cm³/mol. The molecule has 2 aromatic carbocycles. The van der Waals surface area contributed by atoms with Gasteiger partial charge in [-0.15, -0.1) is 0 Å². The lowest BCUT2D eigenvalue weighted by molar-refractivity contribution is -0.138. The number of ether oxygens (including phenoxy) is 2. The van der Waals surface area contributed by atoms with Crippen molar-refractivity contribution in [1.82, 2.24) is 0 Å². The fourth-order valence-corrected chi connectivity index (χ4v) is 5.93. The summed E-state index contributed by atoms with van der Waals surface area (Å²) in [6, 6.07) is 11.2. The molecular weight excluding hydrogens is 463 g/mol. The van der Waals surface area contributed by atoms with Gasteiger partial charge >= 0.3 is 6.18 Å². The lowest BCUT2D eigenvalue weighted by atomic mass is 9.64. The maximum absolute atomic E-state index is 13.5. The van der Waals surface area contributed by atoms with Gasteiger partial charge in [-0.2, -0.15) is 18.4 Å². The summed E-state index contributed by atoms with van der Waals surface area (Å²) in [5.74, 6) is -2.52. The number of carbonyl (C=O) groups is 2. The Morgan fingerprint density at radius 3 is 2.43 bits per heavy atom. The van der Waals surface area contributed by atoms with Gasteiger partial charge in [-0.05, 0) is 62.7 Å². The number of imide groups is 1. The Morgan fingerprint density at radius 1 is 1.14 bits per heavy atom.